The van der Waals surface area contributed by atoms with Crippen LogP contribution in [0.2, 0.25) is 5.02 Å². The molecule has 0 unspecified atom stereocenters. The summed E-state index contributed by atoms with van der Waals surface area (Å²) in [5.74, 6) is 0. The summed E-state index contributed by atoms with van der Waals surface area (Å²) in [6.45, 7) is 0.344. The van der Waals surface area contributed by atoms with E-state index >= 15 is 0 Å². The van der Waals surface area contributed by atoms with Gasteiger partial charge in [-0.15, -0.1) is 3.07 Å². The molecule has 0 amide bonds. The Labute approximate surface area is 81.5 Å². The Morgan fingerprint density at radius 1 is 1.45 bits per heavy atom. The van der Waals surface area contributed by atoms with Gasteiger partial charge in [0.2, 0.25) is 0 Å². The zero-order chi connectivity index (χ0) is 8.10. The van der Waals surface area contributed by atoms with Crippen LogP contribution in [0.3, 0.4) is 0 Å². The van der Waals surface area contributed by atoms with E-state index in [1.807, 2.05) is 18.2 Å². The molecule has 1 aromatic rings. The summed E-state index contributed by atoms with van der Waals surface area (Å²) in [5, 5.41) is 0.657. The van der Waals surface area contributed by atoms with Crippen molar-refractivity contribution in [2.75, 3.05) is 0 Å². The summed E-state index contributed by atoms with van der Waals surface area (Å²) in [6.07, 6.45) is 0. The van der Waals surface area contributed by atoms with Crippen LogP contribution in [0.4, 0.5) is 0 Å². The molecule has 0 radical (unpaired) electrons. The van der Waals surface area contributed by atoms with Gasteiger partial charge in [-0.2, -0.15) is 0 Å². The molecule has 0 saturated heterocycles. The highest BCUT2D eigenvalue weighted by Gasteiger charge is 2.01. The highest BCUT2D eigenvalue weighted by atomic mass is 127. The molecule has 0 bridgehead atoms. The fraction of sp³-hybridized carbons (Fsp3) is 0.143. The van der Waals surface area contributed by atoms with Crippen molar-refractivity contribution in [3.8, 4) is 0 Å². The molecule has 0 aliphatic carbocycles. The van der Waals surface area contributed by atoms with Crippen molar-refractivity contribution in [1.82, 2.24) is 0 Å². The Hall–Kier alpha value is 0.160. The molecular formula is C7H6ClIO2. The van der Waals surface area contributed by atoms with E-state index in [1.54, 1.807) is 6.07 Å². The van der Waals surface area contributed by atoms with Crippen molar-refractivity contribution >= 4 is 11.6 Å². The van der Waals surface area contributed by atoms with E-state index in [1.165, 1.54) is 0 Å². The van der Waals surface area contributed by atoms with Crippen LogP contribution in [0.25, 0.3) is 0 Å². The molecule has 1 aromatic carbocycles. The topological polar surface area (TPSA) is 32.3 Å². The maximum Gasteiger partial charge on any atom is 0.453 e. The first-order valence-electron chi connectivity index (χ1n) is 2.97. The van der Waals surface area contributed by atoms with Gasteiger partial charge in [0.15, 0.2) is 0 Å². The lowest BCUT2D eigenvalue weighted by Gasteiger charge is -1.97. The fourth-order valence-electron chi connectivity index (χ4n) is 0.696. The first kappa shape index (κ1) is 9.25. The molecule has 0 fully saturated rings. The highest BCUT2D eigenvalue weighted by molar-refractivity contribution is 6.31. The van der Waals surface area contributed by atoms with E-state index in [2.05, 4.69) is 0 Å². The quantitative estimate of drug-likeness (QED) is 0.610. The van der Waals surface area contributed by atoms with E-state index in [0.717, 1.165) is 5.56 Å². The minimum absolute atomic E-state index is 0.344. The fourth-order valence-corrected chi connectivity index (χ4v) is 1.35. The summed E-state index contributed by atoms with van der Waals surface area (Å²) < 4.78 is 14.8. The molecule has 1 rings (SSSR count). The Balaban J connectivity index is 2.62. The van der Waals surface area contributed by atoms with Gasteiger partial charge in [-0.1, -0.05) is 29.8 Å². The third kappa shape index (κ3) is 2.94. The zero-order valence-electron chi connectivity index (χ0n) is 5.59. The van der Waals surface area contributed by atoms with Gasteiger partial charge in [0.05, 0.1) is 0 Å². The first-order valence-corrected chi connectivity index (χ1v) is 5.11. The summed E-state index contributed by atoms with van der Waals surface area (Å²) in [7, 11) is 0. The van der Waals surface area contributed by atoms with E-state index in [0.29, 0.717) is 11.6 Å². The number of rotatable bonds is 3. The molecule has 0 aromatic heterocycles. The normalized spacial score (nSPS) is 10.0. The van der Waals surface area contributed by atoms with Crippen LogP contribution in [0, 0.1) is 0 Å². The Morgan fingerprint density at radius 2 is 2.18 bits per heavy atom. The smallest absolute Gasteiger partial charge is 0.453 e. The molecule has 4 heteroatoms. The van der Waals surface area contributed by atoms with E-state index < -0.39 is 22.0 Å². The summed E-state index contributed by atoms with van der Waals surface area (Å²) in [5.41, 5.74) is 0.879. The molecule has 0 heterocycles. The van der Waals surface area contributed by atoms with Gasteiger partial charge in [-0.3, -0.25) is 0 Å². The predicted molar refractivity (Wildman–Crippen MR) is 36.2 cm³/mol. The Kier molecular flexibility index (Phi) is 4.14. The van der Waals surface area contributed by atoms with Crippen LogP contribution < -0.4 is 25.5 Å². The molecule has 0 aliphatic rings. The van der Waals surface area contributed by atoms with Crippen LogP contribution in [-0.4, -0.2) is 0 Å². The van der Waals surface area contributed by atoms with Gasteiger partial charge < -0.3 is 3.44 Å². The van der Waals surface area contributed by atoms with E-state index in [-0.39, 0.29) is 0 Å². The Bertz CT molecular complexity index is 229. The van der Waals surface area contributed by atoms with Gasteiger partial charge in [0.1, 0.15) is 6.61 Å². The third-order valence-corrected chi connectivity index (χ3v) is 2.15. The van der Waals surface area contributed by atoms with Gasteiger partial charge in [-0.05, 0) is 6.07 Å². The summed E-state index contributed by atoms with van der Waals surface area (Å²) >= 11 is 4.45. The van der Waals surface area contributed by atoms with E-state index in [4.69, 9.17) is 14.7 Å². The van der Waals surface area contributed by atoms with Crippen molar-refractivity contribution in [1.29, 1.82) is 0 Å². The minimum atomic E-state index is -1.34. The molecule has 0 spiro atoms. The lowest BCUT2D eigenvalue weighted by molar-refractivity contribution is -1.27. The standard InChI is InChI=1S/C7H6ClIO2/c8-7-4-2-1-3-6(7)5-11-9-10/h1-4H,5H2. The van der Waals surface area contributed by atoms with Crippen molar-refractivity contribution in [2.45, 2.75) is 6.61 Å². The van der Waals surface area contributed by atoms with Gasteiger partial charge >= 0.3 is 22.0 Å². The third-order valence-electron chi connectivity index (χ3n) is 1.21. The molecule has 0 N–H and O–H groups in total. The maximum atomic E-state index is 10.1. The van der Waals surface area contributed by atoms with Crippen LogP contribution in [0.15, 0.2) is 24.3 Å². The molecule has 0 aliphatic heterocycles. The van der Waals surface area contributed by atoms with Gasteiger partial charge in [0.25, 0.3) is 0 Å². The molecule has 11 heavy (non-hydrogen) atoms. The van der Waals surface area contributed by atoms with Gasteiger partial charge in [-0.25, -0.2) is 0 Å². The lowest BCUT2D eigenvalue weighted by Crippen LogP contribution is -3.70. The Morgan fingerprint density at radius 3 is 2.82 bits per heavy atom. The van der Waals surface area contributed by atoms with Crippen molar-refractivity contribution in [3.63, 3.8) is 0 Å². The number of benzene rings is 1. The summed E-state index contributed by atoms with van der Waals surface area (Å²) in [4.78, 5) is 0. The zero-order valence-corrected chi connectivity index (χ0v) is 8.50. The molecule has 0 atom stereocenters. The monoisotopic (exact) mass is 284 g/mol. The largest absolute Gasteiger partial charge is 0.567 e. The molecule has 60 valence electrons. The first-order chi connectivity index (χ1) is 5.34. The SMILES string of the molecule is [O-][I+]OCc1ccccc1Cl. The van der Waals surface area contributed by atoms with Crippen molar-refractivity contribution in [3.05, 3.63) is 34.9 Å². The van der Waals surface area contributed by atoms with E-state index in [9.17, 15) is 3.44 Å². The number of halogens is 2. The van der Waals surface area contributed by atoms with Gasteiger partial charge in [0, 0.05) is 10.6 Å². The second kappa shape index (κ2) is 4.92. The molecule has 0 saturated carbocycles. The average Bonchev–Trinajstić information content (AvgIpc) is 2.03. The van der Waals surface area contributed by atoms with Crippen LogP contribution in [0.1, 0.15) is 5.56 Å². The lowest BCUT2D eigenvalue weighted by atomic mass is 10.2. The predicted octanol–water partition coefficient (Wildman–Crippen LogP) is -1.86. The number of hydrogen-bond acceptors (Lipinski definition) is 2. The highest BCUT2D eigenvalue weighted by Crippen LogP contribution is 2.14. The second-order valence-electron chi connectivity index (χ2n) is 1.91. The summed E-state index contributed by atoms with van der Waals surface area (Å²) in [6, 6.07) is 7.34. The van der Waals surface area contributed by atoms with Crippen molar-refractivity contribution in [2.24, 2.45) is 0 Å². The molecular weight excluding hydrogens is 278 g/mol. The molecule has 2 nitrogen and oxygen atoms in total. The minimum Gasteiger partial charge on any atom is -0.567 e. The van der Waals surface area contributed by atoms with Crippen LogP contribution in [-0.2, 0) is 9.67 Å². The second-order valence-corrected chi connectivity index (χ2v) is 3.30. The average molecular weight is 284 g/mol. The van der Waals surface area contributed by atoms with Crippen LogP contribution >= 0.6 is 11.6 Å². The number of hydrogen-bond donors (Lipinski definition) is 0. The maximum absolute atomic E-state index is 10.1. The van der Waals surface area contributed by atoms with Crippen LogP contribution in [0.5, 0.6) is 0 Å². The van der Waals surface area contributed by atoms with Crippen molar-refractivity contribution < 1.29 is 28.5 Å².